The molecule has 4 aliphatic rings. The second-order valence-corrected chi connectivity index (χ2v) is 9.15. The number of nitrogens with zero attached hydrogens (tertiary/aromatic N) is 4. The van der Waals surface area contributed by atoms with E-state index in [-0.39, 0.29) is 4.87 Å². The molecule has 25 heavy (non-hydrogen) atoms. The molecule has 0 N–H and O–H groups in total. The van der Waals surface area contributed by atoms with Crippen LogP contribution in [0.5, 0.6) is 5.75 Å². The van der Waals surface area contributed by atoms with Gasteiger partial charge in [0.1, 0.15) is 22.3 Å². The Morgan fingerprint density at radius 3 is 2.72 bits per heavy atom. The zero-order valence-corrected chi connectivity index (χ0v) is 15.9. The molecule has 0 amide bonds. The fourth-order valence-corrected chi connectivity index (χ4v) is 5.75. The van der Waals surface area contributed by atoms with Gasteiger partial charge in [0.2, 0.25) is 5.17 Å². The molecule has 1 spiro atoms. The maximum Gasteiger partial charge on any atom is 0.216 e. The van der Waals surface area contributed by atoms with E-state index in [1.54, 1.807) is 11.8 Å². The van der Waals surface area contributed by atoms with Crippen LogP contribution < -0.4 is 4.74 Å². The molecule has 0 atom stereocenters. The van der Waals surface area contributed by atoms with Crippen molar-refractivity contribution in [2.45, 2.75) is 37.0 Å². The van der Waals surface area contributed by atoms with E-state index in [9.17, 15) is 0 Å². The van der Waals surface area contributed by atoms with E-state index < -0.39 is 0 Å². The summed E-state index contributed by atoms with van der Waals surface area (Å²) in [4.78, 5) is 0.126. The third-order valence-corrected chi connectivity index (χ3v) is 7.27. The van der Waals surface area contributed by atoms with Crippen molar-refractivity contribution in [3.05, 3.63) is 40.5 Å². The monoisotopic (exact) mass is 392 g/mol. The third-order valence-electron chi connectivity index (χ3n) is 4.80. The van der Waals surface area contributed by atoms with Crippen molar-refractivity contribution >= 4 is 45.3 Å². The van der Waals surface area contributed by atoms with Crippen LogP contribution >= 0.6 is 35.1 Å². The van der Waals surface area contributed by atoms with Crippen molar-refractivity contribution in [3.63, 3.8) is 0 Å². The fraction of sp³-hybridized carbons (Fsp3) is 0.412. The predicted molar refractivity (Wildman–Crippen MR) is 105 cm³/mol. The number of ether oxygens (including phenoxy) is 1. The first kappa shape index (κ1) is 15.9. The first-order valence-electron chi connectivity index (χ1n) is 8.44. The Morgan fingerprint density at radius 1 is 1.12 bits per heavy atom. The molecule has 1 aromatic carbocycles. The summed E-state index contributed by atoms with van der Waals surface area (Å²) in [6, 6.07) is 7.38. The normalized spacial score (nSPS) is 23.3. The van der Waals surface area contributed by atoms with Crippen LogP contribution in [-0.2, 0) is 0 Å². The molecule has 0 unspecified atom stereocenters. The maximum absolute atomic E-state index is 5.90. The van der Waals surface area contributed by atoms with Crippen LogP contribution in [-0.4, -0.2) is 31.7 Å². The van der Waals surface area contributed by atoms with Gasteiger partial charge in [-0.15, -0.1) is 5.10 Å². The Labute approximate surface area is 160 Å². The molecule has 0 aromatic heterocycles. The van der Waals surface area contributed by atoms with E-state index in [1.165, 1.54) is 32.1 Å². The summed E-state index contributed by atoms with van der Waals surface area (Å²) in [5, 5.41) is 18.5. The van der Waals surface area contributed by atoms with Crippen LogP contribution in [0.1, 0.15) is 32.1 Å². The van der Waals surface area contributed by atoms with Gasteiger partial charge in [0.15, 0.2) is 5.82 Å². The number of hydrogen-bond donors (Lipinski definition) is 0. The lowest BCUT2D eigenvalue weighted by Crippen LogP contribution is -2.40. The van der Waals surface area contributed by atoms with Crippen LogP contribution in [0.25, 0.3) is 0 Å². The highest BCUT2D eigenvalue weighted by Crippen LogP contribution is 2.53. The van der Waals surface area contributed by atoms with Gasteiger partial charge in [-0.3, -0.25) is 0 Å². The van der Waals surface area contributed by atoms with E-state index >= 15 is 0 Å². The first-order chi connectivity index (χ1) is 12.2. The molecular formula is C17H17ClN4OS2. The molecule has 0 radical (unpaired) electrons. The topological polar surface area (TPSA) is 40.4 Å². The Hall–Kier alpha value is -1.31. The van der Waals surface area contributed by atoms with E-state index in [1.807, 2.05) is 41.0 Å². The molecule has 1 aromatic rings. The smallest absolute Gasteiger partial charge is 0.216 e. The average molecular weight is 393 g/mol. The van der Waals surface area contributed by atoms with Crippen molar-refractivity contribution in [3.8, 4) is 5.75 Å². The Morgan fingerprint density at radius 2 is 1.92 bits per heavy atom. The second-order valence-electron chi connectivity index (χ2n) is 6.45. The Bertz CT molecular complexity index is 786. The van der Waals surface area contributed by atoms with E-state index in [0.29, 0.717) is 11.6 Å². The lowest BCUT2D eigenvalue weighted by molar-refractivity contribution is 0.170. The molecule has 3 aliphatic heterocycles. The van der Waals surface area contributed by atoms with Crippen LogP contribution in [0.4, 0.5) is 0 Å². The minimum absolute atomic E-state index is 0.126. The quantitative estimate of drug-likeness (QED) is 0.733. The highest BCUT2D eigenvalue weighted by atomic mass is 35.5. The molecule has 5 rings (SSSR count). The largest absolute Gasteiger partial charge is 0.487 e. The summed E-state index contributed by atoms with van der Waals surface area (Å²) in [7, 11) is 0. The zero-order chi connectivity index (χ0) is 16.9. The van der Waals surface area contributed by atoms with Crippen molar-refractivity contribution in [1.82, 2.24) is 10.0 Å². The number of hydrazone groups is 2. The number of benzene rings is 1. The summed E-state index contributed by atoms with van der Waals surface area (Å²) >= 11 is 9.40. The van der Waals surface area contributed by atoms with Gasteiger partial charge in [0, 0.05) is 10.4 Å². The van der Waals surface area contributed by atoms with Crippen LogP contribution in [0.2, 0.25) is 5.02 Å². The van der Waals surface area contributed by atoms with Gasteiger partial charge in [-0.1, -0.05) is 42.6 Å². The summed E-state index contributed by atoms with van der Waals surface area (Å²) in [6.45, 7) is 0.438. The van der Waals surface area contributed by atoms with E-state index in [2.05, 4.69) is 10.4 Å². The van der Waals surface area contributed by atoms with Gasteiger partial charge in [0.05, 0.1) is 0 Å². The number of fused-ring (bicyclic) bond motifs is 4. The molecule has 3 heterocycles. The molecule has 8 heteroatoms. The molecule has 130 valence electrons. The van der Waals surface area contributed by atoms with Gasteiger partial charge in [-0.25, -0.2) is 5.01 Å². The van der Waals surface area contributed by atoms with Crippen molar-refractivity contribution < 1.29 is 4.74 Å². The Balaban J connectivity index is 1.27. The van der Waals surface area contributed by atoms with Gasteiger partial charge >= 0.3 is 0 Å². The first-order valence-corrected chi connectivity index (χ1v) is 10.5. The van der Waals surface area contributed by atoms with E-state index in [4.69, 9.17) is 26.5 Å². The lowest BCUT2D eigenvalue weighted by atomic mass is 9.94. The van der Waals surface area contributed by atoms with Crippen LogP contribution in [0.3, 0.4) is 0 Å². The Kier molecular flexibility index (Phi) is 3.91. The molecule has 1 saturated carbocycles. The third kappa shape index (κ3) is 2.73. The molecule has 1 aliphatic carbocycles. The highest BCUT2D eigenvalue weighted by molar-refractivity contribution is 8.26. The number of hydrogen-bond acceptors (Lipinski definition) is 7. The summed E-state index contributed by atoms with van der Waals surface area (Å²) in [5.41, 5.74) is 0. The van der Waals surface area contributed by atoms with Crippen molar-refractivity contribution in [2.75, 3.05) is 6.61 Å². The average Bonchev–Trinajstić information content (AvgIpc) is 3.27. The SMILES string of the molecule is Clc1ccc(OCC2=NN3C4=CSC5(CCCCC5)N4N=C3S2)cc1. The van der Waals surface area contributed by atoms with Crippen molar-refractivity contribution in [1.29, 1.82) is 0 Å². The fourth-order valence-electron chi connectivity index (χ4n) is 3.54. The standard InChI is InChI=1S/C17H17ClN4OS2/c18-12-4-6-13(7-5-12)23-10-14-19-21-15-11-24-17(8-2-1-3-9-17)22(15)20-16(21)25-14/h4-7,11H,1-3,8-10H2. The predicted octanol–water partition coefficient (Wildman–Crippen LogP) is 4.87. The highest BCUT2D eigenvalue weighted by Gasteiger charge is 2.50. The van der Waals surface area contributed by atoms with Crippen molar-refractivity contribution in [2.24, 2.45) is 10.2 Å². The molecular weight excluding hydrogens is 376 g/mol. The lowest BCUT2D eigenvalue weighted by Gasteiger charge is -2.37. The van der Waals surface area contributed by atoms with Crippen LogP contribution in [0, 0.1) is 0 Å². The van der Waals surface area contributed by atoms with Crippen LogP contribution in [0.15, 0.2) is 45.7 Å². The summed E-state index contributed by atoms with van der Waals surface area (Å²) in [6.07, 6.45) is 6.30. The summed E-state index contributed by atoms with van der Waals surface area (Å²) < 4.78 is 5.80. The van der Waals surface area contributed by atoms with Gasteiger partial charge in [0.25, 0.3) is 0 Å². The maximum atomic E-state index is 5.90. The van der Waals surface area contributed by atoms with Gasteiger partial charge in [-0.05, 0) is 48.9 Å². The molecule has 5 nitrogen and oxygen atoms in total. The molecule has 1 fully saturated rings. The zero-order valence-electron chi connectivity index (χ0n) is 13.5. The number of amidine groups is 1. The molecule has 0 saturated heterocycles. The number of rotatable bonds is 3. The number of halogens is 1. The molecule has 0 bridgehead atoms. The minimum atomic E-state index is 0.126. The second kappa shape index (κ2) is 6.14. The summed E-state index contributed by atoms with van der Waals surface area (Å²) in [5.74, 6) is 1.89. The number of thioether (sulfide) groups is 2. The van der Waals surface area contributed by atoms with Gasteiger partial charge < -0.3 is 4.74 Å². The van der Waals surface area contributed by atoms with E-state index in [0.717, 1.165) is 21.8 Å². The van der Waals surface area contributed by atoms with Gasteiger partial charge in [-0.2, -0.15) is 10.1 Å². The minimum Gasteiger partial charge on any atom is -0.487 e.